The largest absolute Gasteiger partial charge is 0.377 e. The van der Waals surface area contributed by atoms with Gasteiger partial charge >= 0.3 is 13.3 Å². The van der Waals surface area contributed by atoms with Gasteiger partial charge in [0.15, 0.2) is 6.23 Å². The number of hydrogen-bond donors (Lipinski definition) is 1. The Kier molecular flexibility index (Phi) is 6.92. The van der Waals surface area contributed by atoms with Crippen LogP contribution in [0.3, 0.4) is 0 Å². The summed E-state index contributed by atoms with van der Waals surface area (Å²) in [6, 6.07) is 1.24. The van der Waals surface area contributed by atoms with Gasteiger partial charge in [-0.15, -0.1) is 0 Å². The van der Waals surface area contributed by atoms with Gasteiger partial charge in [0.1, 0.15) is 6.10 Å². The predicted molar refractivity (Wildman–Crippen MR) is 90.6 cm³/mol. The summed E-state index contributed by atoms with van der Waals surface area (Å²) in [5.74, 6) is 1.37. The van der Waals surface area contributed by atoms with Crippen LogP contribution in [-0.4, -0.2) is 42.1 Å². The van der Waals surface area contributed by atoms with Crippen molar-refractivity contribution in [1.29, 1.82) is 0 Å². The summed E-state index contributed by atoms with van der Waals surface area (Å²) < 4.78 is 35.3. The van der Waals surface area contributed by atoms with Crippen LogP contribution in [0.25, 0.3) is 0 Å². The van der Waals surface area contributed by atoms with Crippen molar-refractivity contribution in [1.82, 2.24) is 9.55 Å². The molecule has 1 aliphatic rings. The molecule has 1 aromatic heterocycles. The zero-order valence-electron chi connectivity index (χ0n) is 14.4. The SMILES string of the molecule is CCOP(=O)(/C=C/[C@@H]1CC(OC)[C@H](n2ccc(=O)[nH]c2=O)O1)OCC. The fourth-order valence-corrected chi connectivity index (χ4v) is 3.93. The Balaban J connectivity index is 2.18. The van der Waals surface area contributed by atoms with Gasteiger partial charge in [0.25, 0.3) is 5.56 Å². The quantitative estimate of drug-likeness (QED) is 0.689. The van der Waals surface area contributed by atoms with E-state index in [2.05, 4.69) is 4.98 Å². The maximum atomic E-state index is 12.5. The van der Waals surface area contributed by atoms with Crippen molar-refractivity contribution in [2.45, 2.75) is 38.7 Å². The van der Waals surface area contributed by atoms with Crippen LogP contribution in [0.2, 0.25) is 0 Å². The molecule has 2 rings (SSSR count). The number of methoxy groups -OCH3 is 1. The van der Waals surface area contributed by atoms with Gasteiger partial charge in [-0.05, 0) is 19.9 Å². The van der Waals surface area contributed by atoms with Gasteiger partial charge < -0.3 is 18.5 Å². The van der Waals surface area contributed by atoms with Crippen LogP contribution >= 0.6 is 7.60 Å². The van der Waals surface area contributed by atoms with Crippen LogP contribution in [0.15, 0.2) is 33.7 Å². The summed E-state index contributed by atoms with van der Waals surface area (Å²) in [5.41, 5.74) is -1.07. The van der Waals surface area contributed by atoms with E-state index in [0.29, 0.717) is 6.42 Å². The summed E-state index contributed by atoms with van der Waals surface area (Å²) in [4.78, 5) is 25.3. The fourth-order valence-electron chi connectivity index (χ4n) is 2.56. The van der Waals surface area contributed by atoms with Crippen LogP contribution in [-0.2, 0) is 23.1 Å². The highest BCUT2D eigenvalue weighted by Gasteiger charge is 2.36. The van der Waals surface area contributed by atoms with Crippen LogP contribution in [0, 0.1) is 0 Å². The molecular weight excluding hydrogens is 351 g/mol. The lowest BCUT2D eigenvalue weighted by Gasteiger charge is -2.19. The van der Waals surface area contributed by atoms with Gasteiger partial charge in [-0.2, -0.15) is 0 Å². The van der Waals surface area contributed by atoms with Crippen LogP contribution in [0.4, 0.5) is 0 Å². The van der Waals surface area contributed by atoms with Crippen molar-refractivity contribution in [3.63, 3.8) is 0 Å². The third-order valence-corrected chi connectivity index (χ3v) is 5.40. The van der Waals surface area contributed by atoms with Crippen molar-refractivity contribution < 1.29 is 23.1 Å². The van der Waals surface area contributed by atoms with Crippen molar-refractivity contribution in [3.05, 3.63) is 45.0 Å². The molecule has 1 saturated heterocycles. The van der Waals surface area contributed by atoms with Crippen LogP contribution < -0.4 is 11.2 Å². The molecule has 0 amide bonds. The Labute approximate surface area is 145 Å². The second kappa shape index (κ2) is 8.73. The molecule has 9 nitrogen and oxygen atoms in total. The minimum Gasteiger partial charge on any atom is -0.377 e. The lowest BCUT2D eigenvalue weighted by molar-refractivity contribution is -0.0431. The Morgan fingerprint density at radius 3 is 2.60 bits per heavy atom. The minimum absolute atomic E-state index is 0.253. The van der Waals surface area contributed by atoms with Crippen LogP contribution in [0.5, 0.6) is 0 Å². The zero-order chi connectivity index (χ0) is 18.4. The standard InChI is InChI=1S/C15H23N2O7P/c1-4-22-25(20,23-5-2)9-7-11-10-12(21-3)14(24-11)17-8-6-13(18)16-15(17)19/h6-9,11-12,14H,4-5,10H2,1-3H3,(H,16,18,19)/b9-7+/t11-,12?,14-/m1/s1. The molecule has 3 atom stereocenters. The van der Waals surface area contributed by atoms with E-state index in [1.807, 2.05) is 0 Å². The van der Waals surface area contributed by atoms with E-state index in [-0.39, 0.29) is 13.2 Å². The maximum Gasteiger partial charge on any atom is 0.353 e. The third kappa shape index (κ3) is 4.99. The Bertz CT molecular complexity index is 747. The van der Waals surface area contributed by atoms with E-state index < -0.39 is 37.3 Å². The molecule has 0 aromatic carbocycles. The van der Waals surface area contributed by atoms with Gasteiger partial charge in [0.2, 0.25) is 0 Å². The Morgan fingerprint density at radius 1 is 1.36 bits per heavy atom. The lowest BCUT2D eigenvalue weighted by Crippen LogP contribution is -2.35. The number of nitrogens with zero attached hydrogens (tertiary/aromatic N) is 1. The van der Waals surface area contributed by atoms with Gasteiger partial charge in [-0.3, -0.25) is 18.9 Å². The molecule has 1 fully saturated rings. The number of aromatic nitrogens is 2. The molecule has 25 heavy (non-hydrogen) atoms. The van der Waals surface area contributed by atoms with E-state index in [4.69, 9.17) is 18.5 Å². The van der Waals surface area contributed by atoms with Gasteiger partial charge in [0, 0.05) is 31.6 Å². The highest BCUT2D eigenvalue weighted by atomic mass is 31.2. The number of rotatable bonds is 8. The molecular formula is C15H23N2O7P. The molecule has 0 bridgehead atoms. The minimum atomic E-state index is -3.33. The highest BCUT2D eigenvalue weighted by Crippen LogP contribution is 2.50. The summed E-state index contributed by atoms with van der Waals surface area (Å²) in [7, 11) is -1.82. The van der Waals surface area contributed by atoms with E-state index >= 15 is 0 Å². The predicted octanol–water partition coefficient (Wildman–Crippen LogP) is 1.62. The Morgan fingerprint density at radius 2 is 2.04 bits per heavy atom. The summed E-state index contributed by atoms with van der Waals surface area (Å²) in [6.07, 6.45) is 1.84. The fraction of sp³-hybridized carbons (Fsp3) is 0.600. The first-order valence-electron chi connectivity index (χ1n) is 8.00. The highest BCUT2D eigenvalue weighted by molar-refractivity contribution is 7.57. The van der Waals surface area contributed by atoms with Crippen LogP contribution in [0.1, 0.15) is 26.5 Å². The molecule has 0 saturated carbocycles. The number of H-pyrrole nitrogens is 1. The molecule has 1 aromatic rings. The maximum absolute atomic E-state index is 12.5. The monoisotopic (exact) mass is 374 g/mol. The summed E-state index contributed by atoms with van der Waals surface area (Å²) in [6.45, 7) is 3.96. The van der Waals surface area contributed by atoms with Gasteiger partial charge in [-0.1, -0.05) is 0 Å². The topological polar surface area (TPSA) is 109 Å². The van der Waals surface area contributed by atoms with E-state index in [1.54, 1.807) is 19.9 Å². The normalized spacial score (nSPS) is 24.2. The average molecular weight is 374 g/mol. The van der Waals surface area contributed by atoms with Crippen molar-refractivity contribution in [3.8, 4) is 0 Å². The van der Waals surface area contributed by atoms with E-state index in [9.17, 15) is 14.2 Å². The van der Waals surface area contributed by atoms with Gasteiger partial charge in [-0.25, -0.2) is 4.79 Å². The van der Waals surface area contributed by atoms with Gasteiger partial charge in [0.05, 0.1) is 19.3 Å². The first kappa shape index (κ1) is 19.8. The Hall–Kier alpha value is -1.51. The number of ether oxygens (including phenoxy) is 2. The average Bonchev–Trinajstić information content (AvgIpc) is 2.97. The summed E-state index contributed by atoms with van der Waals surface area (Å²) >= 11 is 0. The second-order valence-corrected chi connectivity index (χ2v) is 7.20. The van der Waals surface area contributed by atoms with E-state index in [0.717, 1.165) is 0 Å². The zero-order valence-corrected chi connectivity index (χ0v) is 15.3. The molecule has 2 heterocycles. The number of hydrogen-bond acceptors (Lipinski definition) is 7. The van der Waals surface area contributed by atoms with E-state index in [1.165, 1.54) is 29.8 Å². The number of aromatic amines is 1. The molecule has 140 valence electrons. The van der Waals surface area contributed by atoms with Crippen molar-refractivity contribution in [2.24, 2.45) is 0 Å². The lowest BCUT2D eigenvalue weighted by atomic mass is 10.2. The smallest absolute Gasteiger partial charge is 0.353 e. The second-order valence-electron chi connectivity index (χ2n) is 5.31. The molecule has 0 aliphatic carbocycles. The molecule has 1 aliphatic heterocycles. The number of nitrogens with one attached hydrogen (secondary N) is 1. The molecule has 1 N–H and O–H groups in total. The molecule has 0 spiro atoms. The first-order chi connectivity index (χ1) is 11.9. The van der Waals surface area contributed by atoms with Crippen molar-refractivity contribution >= 4 is 7.60 Å². The molecule has 10 heteroatoms. The third-order valence-electron chi connectivity index (χ3n) is 3.63. The summed E-state index contributed by atoms with van der Waals surface area (Å²) in [5, 5.41) is 0. The van der Waals surface area contributed by atoms with Crippen molar-refractivity contribution in [2.75, 3.05) is 20.3 Å². The first-order valence-corrected chi connectivity index (χ1v) is 9.61. The molecule has 1 unspecified atom stereocenters. The molecule has 0 radical (unpaired) electrons.